The summed E-state index contributed by atoms with van der Waals surface area (Å²) >= 11 is 0. The number of nitrogens with one attached hydrogen (secondary N) is 1. The molecule has 6 heteroatoms. The van der Waals surface area contributed by atoms with Gasteiger partial charge in [-0.05, 0) is 24.6 Å². The highest BCUT2D eigenvalue weighted by molar-refractivity contribution is 6.02. The Balaban J connectivity index is 2.81. The number of carboxylic acid groups (broad SMARTS) is 1. The van der Waals surface area contributed by atoms with Gasteiger partial charge in [0.05, 0.1) is 17.3 Å². The lowest BCUT2D eigenvalue weighted by Crippen LogP contribution is -2.35. The normalized spacial score (nSPS) is 11.9. The van der Waals surface area contributed by atoms with Crippen molar-refractivity contribution in [2.24, 2.45) is 5.73 Å². The van der Waals surface area contributed by atoms with Crippen LogP contribution in [0.4, 0.5) is 5.69 Å². The Hall–Kier alpha value is -2.08. The van der Waals surface area contributed by atoms with Gasteiger partial charge in [-0.3, -0.25) is 4.79 Å². The Labute approximate surface area is 111 Å². The fourth-order valence-electron chi connectivity index (χ4n) is 1.60. The first-order valence-corrected chi connectivity index (χ1v) is 6.08. The van der Waals surface area contributed by atoms with Crippen LogP contribution >= 0.6 is 0 Å². The molecule has 0 heterocycles. The SMILES string of the molecule is CCCC[C@H](N)C(=O)Nc1ccc(O)cc1C(=O)O. The Morgan fingerprint density at radius 2 is 2.11 bits per heavy atom. The highest BCUT2D eigenvalue weighted by Crippen LogP contribution is 2.21. The molecule has 0 fully saturated rings. The van der Waals surface area contributed by atoms with Gasteiger partial charge in [-0.25, -0.2) is 4.79 Å². The lowest BCUT2D eigenvalue weighted by atomic mass is 10.1. The van der Waals surface area contributed by atoms with Crippen LogP contribution in [-0.2, 0) is 4.79 Å². The number of unbranched alkanes of at least 4 members (excludes halogenated alkanes) is 1. The molecule has 1 aromatic carbocycles. The van der Waals surface area contributed by atoms with Crippen LogP contribution in [0.5, 0.6) is 5.75 Å². The van der Waals surface area contributed by atoms with Gasteiger partial charge >= 0.3 is 5.97 Å². The molecule has 1 rings (SSSR count). The third-order valence-corrected chi connectivity index (χ3v) is 2.70. The number of aromatic carboxylic acids is 1. The fourth-order valence-corrected chi connectivity index (χ4v) is 1.60. The zero-order valence-electron chi connectivity index (χ0n) is 10.7. The summed E-state index contributed by atoms with van der Waals surface area (Å²) in [7, 11) is 0. The molecular formula is C13H18N2O4. The second-order valence-corrected chi connectivity index (χ2v) is 4.27. The van der Waals surface area contributed by atoms with E-state index in [9.17, 15) is 14.7 Å². The quantitative estimate of drug-likeness (QED) is 0.583. The zero-order valence-corrected chi connectivity index (χ0v) is 10.7. The molecule has 0 saturated heterocycles. The summed E-state index contributed by atoms with van der Waals surface area (Å²) in [4.78, 5) is 22.8. The minimum Gasteiger partial charge on any atom is -0.508 e. The summed E-state index contributed by atoms with van der Waals surface area (Å²) in [6, 6.07) is 3.05. The first-order chi connectivity index (χ1) is 8.95. The van der Waals surface area contributed by atoms with Crippen molar-refractivity contribution in [1.82, 2.24) is 0 Å². The van der Waals surface area contributed by atoms with Gasteiger partial charge in [0.1, 0.15) is 5.75 Å². The Morgan fingerprint density at radius 3 is 2.68 bits per heavy atom. The van der Waals surface area contributed by atoms with Crippen molar-refractivity contribution in [3.63, 3.8) is 0 Å². The Morgan fingerprint density at radius 1 is 1.42 bits per heavy atom. The predicted molar refractivity (Wildman–Crippen MR) is 71.2 cm³/mol. The van der Waals surface area contributed by atoms with Gasteiger partial charge in [-0.15, -0.1) is 0 Å². The van der Waals surface area contributed by atoms with Crippen LogP contribution in [0.1, 0.15) is 36.5 Å². The maximum Gasteiger partial charge on any atom is 0.337 e. The van der Waals surface area contributed by atoms with Crippen LogP contribution < -0.4 is 11.1 Å². The van der Waals surface area contributed by atoms with Gasteiger partial charge in [-0.2, -0.15) is 0 Å². The summed E-state index contributed by atoms with van der Waals surface area (Å²) in [5.74, 6) is -1.83. The van der Waals surface area contributed by atoms with Crippen LogP contribution in [0, 0.1) is 0 Å². The number of hydrogen-bond donors (Lipinski definition) is 4. The minimum atomic E-state index is -1.23. The van der Waals surface area contributed by atoms with Crippen molar-refractivity contribution in [1.29, 1.82) is 0 Å². The number of carboxylic acids is 1. The van der Waals surface area contributed by atoms with E-state index in [1.807, 2.05) is 6.92 Å². The van der Waals surface area contributed by atoms with Crippen LogP contribution in [0.25, 0.3) is 0 Å². The molecule has 104 valence electrons. The molecule has 6 nitrogen and oxygen atoms in total. The highest BCUT2D eigenvalue weighted by Gasteiger charge is 2.17. The predicted octanol–water partition coefficient (Wildman–Crippen LogP) is 1.55. The number of carbonyl (C=O) groups excluding carboxylic acids is 1. The average Bonchev–Trinajstić information content (AvgIpc) is 2.37. The summed E-state index contributed by atoms with van der Waals surface area (Å²) in [5, 5.41) is 20.7. The monoisotopic (exact) mass is 266 g/mol. The van der Waals surface area contributed by atoms with E-state index < -0.39 is 17.9 Å². The minimum absolute atomic E-state index is 0.127. The lowest BCUT2D eigenvalue weighted by molar-refractivity contribution is -0.117. The maximum absolute atomic E-state index is 11.8. The van der Waals surface area contributed by atoms with Crippen LogP contribution in [0.3, 0.4) is 0 Å². The number of rotatable bonds is 6. The zero-order chi connectivity index (χ0) is 14.4. The fraction of sp³-hybridized carbons (Fsp3) is 0.385. The van der Waals surface area contributed by atoms with E-state index in [1.54, 1.807) is 0 Å². The number of aromatic hydroxyl groups is 1. The second kappa shape index (κ2) is 6.75. The van der Waals surface area contributed by atoms with E-state index in [-0.39, 0.29) is 17.0 Å². The second-order valence-electron chi connectivity index (χ2n) is 4.27. The van der Waals surface area contributed by atoms with Gasteiger partial charge in [0.2, 0.25) is 5.91 Å². The number of amides is 1. The number of benzene rings is 1. The Kier molecular flexibility index (Phi) is 5.32. The summed E-state index contributed by atoms with van der Waals surface area (Å²) in [6.45, 7) is 1.99. The summed E-state index contributed by atoms with van der Waals surface area (Å²) in [5.41, 5.74) is 5.66. The van der Waals surface area contributed by atoms with E-state index in [0.29, 0.717) is 6.42 Å². The van der Waals surface area contributed by atoms with E-state index in [4.69, 9.17) is 10.8 Å². The van der Waals surface area contributed by atoms with Crippen molar-refractivity contribution in [2.45, 2.75) is 32.2 Å². The molecule has 19 heavy (non-hydrogen) atoms. The van der Waals surface area contributed by atoms with Crippen molar-refractivity contribution in [3.8, 4) is 5.75 Å². The number of anilines is 1. The van der Waals surface area contributed by atoms with Crippen molar-refractivity contribution < 1.29 is 19.8 Å². The molecule has 0 saturated carbocycles. The summed E-state index contributed by atoms with van der Waals surface area (Å²) in [6.07, 6.45) is 2.30. The van der Waals surface area contributed by atoms with E-state index >= 15 is 0 Å². The third-order valence-electron chi connectivity index (χ3n) is 2.70. The Bertz CT molecular complexity index is 474. The molecule has 0 unspecified atom stereocenters. The van der Waals surface area contributed by atoms with Gasteiger partial charge in [0, 0.05) is 0 Å². The van der Waals surface area contributed by atoms with E-state index in [0.717, 1.165) is 18.9 Å². The molecule has 0 aliphatic heterocycles. The topological polar surface area (TPSA) is 113 Å². The molecule has 1 atom stereocenters. The van der Waals surface area contributed by atoms with Crippen LogP contribution in [0.15, 0.2) is 18.2 Å². The standard InChI is InChI=1S/C13H18N2O4/c1-2-3-4-10(14)12(17)15-11-6-5-8(16)7-9(11)13(18)19/h5-7,10,16H,2-4,14H2,1H3,(H,15,17)(H,18,19)/t10-/m0/s1. The van der Waals surface area contributed by atoms with E-state index in [1.165, 1.54) is 12.1 Å². The van der Waals surface area contributed by atoms with Gasteiger partial charge in [0.15, 0.2) is 0 Å². The van der Waals surface area contributed by atoms with Gasteiger partial charge in [0.25, 0.3) is 0 Å². The largest absolute Gasteiger partial charge is 0.508 e. The molecule has 1 amide bonds. The number of hydrogen-bond acceptors (Lipinski definition) is 4. The molecule has 0 radical (unpaired) electrons. The van der Waals surface area contributed by atoms with Gasteiger partial charge < -0.3 is 21.3 Å². The molecule has 0 bridgehead atoms. The summed E-state index contributed by atoms with van der Waals surface area (Å²) < 4.78 is 0. The number of phenolic OH excluding ortho intramolecular Hbond substituents is 1. The molecule has 0 spiro atoms. The van der Waals surface area contributed by atoms with Crippen molar-refractivity contribution in [2.75, 3.05) is 5.32 Å². The van der Waals surface area contributed by atoms with Crippen molar-refractivity contribution in [3.05, 3.63) is 23.8 Å². The van der Waals surface area contributed by atoms with Crippen LogP contribution in [0.2, 0.25) is 0 Å². The average molecular weight is 266 g/mol. The molecule has 5 N–H and O–H groups in total. The maximum atomic E-state index is 11.8. The van der Waals surface area contributed by atoms with Gasteiger partial charge in [-0.1, -0.05) is 19.8 Å². The molecule has 1 aromatic rings. The third kappa shape index (κ3) is 4.26. The molecule has 0 aliphatic rings. The lowest BCUT2D eigenvalue weighted by Gasteiger charge is -2.13. The van der Waals surface area contributed by atoms with Crippen LogP contribution in [-0.4, -0.2) is 28.1 Å². The number of nitrogens with two attached hydrogens (primary N) is 1. The molecule has 0 aromatic heterocycles. The smallest absolute Gasteiger partial charge is 0.337 e. The number of carbonyl (C=O) groups is 2. The molecular weight excluding hydrogens is 248 g/mol. The molecule has 0 aliphatic carbocycles. The van der Waals surface area contributed by atoms with Crippen molar-refractivity contribution >= 4 is 17.6 Å². The highest BCUT2D eigenvalue weighted by atomic mass is 16.4. The first kappa shape index (κ1) is 15.0. The number of phenols is 1. The van der Waals surface area contributed by atoms with E-state index in [2.05, 4.69) is 5.32 Å². The first-order valence-electron chi connectivity index (χ1n) is 6.08.